The molecule has 2 aromatic heterocycles. The molecule has 0 amide bonds. The van der Waals surface area contributed by atoms with Crippen LogP contribution in [0.15, 0.2) is 72.9 Å². The van der Waals surface area contributed by atoms with Gasteiger partial charge >= 0.3 is 5.97 Å². The lowest BCUT2D eigenvalue weighted by Gasteiger charge is -2.10. The summed E-state index contributed by atoms with van der Waals surface area (Å²) >= 11 is 0. The minimum atomic E-state index is -1.19. The lowest BCUT2D eigenvalue weighted by atomic mass is 9.95. The third kappa shape index (κ3) is 4.59. The highest BCUT2D eigenvalue weighted by Crippen LogP contribution is 2.40. The molecule has 4 aromatic rings. The molecule has 33 heavy (non-hydrogen) atoms. The number of hydrogen-bond donors (Lipinski definition) is 2. The van der Waals surface area contributed by atoms with E-state index in [-0.39, 0.29) is 12.3 Å². The number of carbonyl (C=O) groups excluding carboxylic acids is 1. The van der Waals surface area contributed by atoms with Crippen LogP contribution in [0.2, 0.25) is 0 Å². The molecule has 0 radical (unpaired) electrons. The zero-order chi connectivity index (χ0) is 23.5. The van der Waals surface area contributed by atoms with Crippen molar-refractivity contribution in [3.8, 4) is 11.1 Å². The van der Waals surface area contributed by atoms with E-state index in [1.165, 1.54) is 0 Å². The number of carboxylic acids is 1. The van der Waals surface area contributed by atoms with Crippen molar-refractivity contribution in [1.29, 1.82) is 0 Å². The van der Waals surface area contributed by atoms with E-state index in [0.717, 1.165) is 38.7 Å². The fraction of sp³-hybridized carbons (Fsp3) is 0.214. The van der Waals surface area contributed by atoms with E-state index >= 15 is 0 Å². The zero-order valence-corrected chi connectivity index (χ0v) is 18.7. The predicted octanol–water partition coefficient (Wildman–Crippen LogP) is 5.69. The number of pyridine rings is 1. The number of carbonyl (C=O) groups is 2. The normalized spacial score (nSPS) is 12.7. The van der Waals surface area contributed by atoms with Crippen LogP contribution in [-0.4, -0.2) is 32.5 Å². The molecule has 0 bridgehead atoms. The van der Waals surface area contributed by atoms with Crippen LogP contribution in [0.3, 0.4) is 0 Å². The second kappa shape index (κ2) is 9.43. The van der Waals surface area contributed by atoms with Gasteiger partial charge in [0.25, 0.3) is 0 Å². The summed E-state index contributed by atoms with van der Waals surface area (Å²) in [6.07, 6.45) is 3.69. The van der Waals surface area contributed by atoms with Gasteiger partial charge in [0.15, 0.2) is 0 Å². The van der Waals surface area contributed by atoms with Gasteiger partial charge in [-0.1, -0.05) is 80.6 Å². The number of carboxylic acid groups (broad SMARTS) is 1. The van der Waals surface area contributed by atoms with Crippen molar-refractivity contribution >= 4 is 34.1 Å². The van der Waals surface area contributed by atoms with E-state index in [0.29, 0.717) is 0 Å². The second-order valence-corrected chi connectivity index (χ2v) is 8.56. The molecular weight excluding hydrogens is 414 g/mol. The number of benzene rings is 2. The molecule has 2 N–H and O–H groups in total. The minimum absolute atomic E-state index is 0.196. The molecule has 0 fully saturated rings. The Hall–Kier alpha value is -3.70. The van der Waals surface area contributed by atoms with Gasteiger partial charge < -0.3 is 14.6 Å². The number of hydrogen-bond acceptors (Lipinski definition) is 3. The summed E-state index contributed by atoms with van der Waals surface area (Å²) in [5, 5.41) is 21.5. The largest absolute Gasteiger partial charge is 0.481 e. The molecule has 0 aliphatic carbocycles. The number of Topliss-reactive ketones (excluding diaryl/α,β-unsaturated/α-hetero) is 1. The fourth-order valence-electron chi connectivity index (χ4n) is 4.46. The summed E-state index contributed by atoms with van der Waals surface area (Å²) in [5.41, 5.74) is 5.32. The van der Waals surface area contributed by atoms with Gasteiger partial charge in [-0.25, -0.2) is 0 Å². The smallest absolute Gasteiger partial charge is 0.310 e. The molecule has 1 unspecified atom stereocenters. The Morgan fingerprint density at radius 1 is 1.00 bits per heavy atom. The Morgan fingerprint density at radius 3 is 2.39 bits per heavy atom. The average Bonchev–Trinajstić information content (AvgIpc) is 3.12. The second-order valence-electron chi connectivity index (χ2n) is 8.56. The van der Waals surface area contributed by atoms with Crippen LogP contribution in [0.1, 0.15) is 43.9 Å². The Kier molecular flexibility index (Phi) is 6.43. The molecule has 0 saturated heterocycles. The van der Waals surface area contributed by atoms with Crippen molar-refractivity contribution in [3.63, 3.8) is 0 Å². The lowest BCUT2D eigenvalue weighted by Crippen LogP contribution is -2.14. The molecule has 0 aliphatic heterocycles. The van der Waals surface area contributed by atoms with E-state index in [9.17, 15) is 14.7 Å². The summed E-state index contributed by atoms with van der Waals surface area (Å²) in [5.74, 6) is -1.49. The van der Waals surface area contributed by atoms with Crippen molar-refractivity contribution < 1.29 is 19.8 Å². The van der Waals surface area contributed by atoms with E-state index in [1.807, 2.05) is 36.4 Å². The van der Waals surface area contributed by atoms with Crippen molar-refractivity contribution in [3.05, 3.63) is 84.2 Å². The Labute approximate surface area is 192 Å². The van der Waals surface area contributed by atoms with E-state index in [4.69, 9.17) is 5.11 Å². The van der Waals surface area contributed by atoms with E-state index in [2.05, 4.69) is 54.8 Å². The highest BCUT2D eigenvalue weighted by molar-refractivity contribution is 6.06. The van der Waals surface area contributed by atoms with Crippen LogP contribution in [0.5, 0.6) is 0 Å². The highest BCUT2D eigenvalue weighted by atomic mass is 16.4. The van der Waals surface area contributed by atoms with Crippen molar-refractivity contribution in [1.82, 2.24) is 4.40 Å². The molecule has 1 atom stereocenters. The molecule has 0 aliphatic rings. The van der Waals surface area contributed by atoms with Gasteiger partial charge in [-0.2, -0.15) is 0 Å². The number of aliphatic hydroxyl groups is 1. The van der Waals surface area contributed by atoms with E-state index in [1.54, 1.807) is 6.08 Å². The Morgan fingerprint density at radius 2 is 1.70 bits per heavy atom. The SMILES string of the molecule is CC(C)c1c(/C=C/C(O)CC(=O)CC(=O)O)c(-c2ccccc2)c2c3ccccc3ccn12. The molecule has 2 heterocycles. The first kappa shape index (κ1) is 22.5. The third-order valence-corrected chi connectivity index (χ3v) is 5.78. The molecule has 2 aromatic carbocycles. The van der Waals surface area contributed by atoms with Crippen LogP contribution in [-0.2, 0) is 9.59 Å². The predicted molar refractivity (Wildman–Crippen MR) is 131 cm³/mol. The maximum Gasteiger partial charge on any atom is 0.310 e. The number of aliphatic hydroxyl groups excluding tert-OH is 1. The first-order valence-electron chi connectivity index (χ1n) is 11.1. The molecule has 0 spiro atoms. The first-order chi connectivity index (χ1) is 15.9. The summed E-state index contributed by atoms with van der Waals surface area (Å²) in [7, 11) is 0. The quantitative estimate of drug-likeness (QED) is 0.344. The summed E-state index contributed by atoms with van der Waals surface area (Å²) in [4.78, 5) is 22.6. The summed E-state index contributed by atoms with van der Waals surface area (Å²) in [6, 6.07) is 20.5. The molecular formula is C28H27NO4. The number of aromatic nitrogens is 1. The molecule has 168 valence electrons. The maximum atomic E-state index is 11.8. The van der Waals surface area contributed by atoms with Gasteiger partial charge in [0, 0.05) is 34.8 Å². The zero-order valence-electron chi connectivity index (χ0n) is 18.7. The van der Waals surface area contributed by atoms with Gasteiger partial charge in [-0.15, -0.1) is 0 Å². The fourth-order valence-corrected chi connectivity index (χ4v) is 4.46. The number of rotatable bonds is 8. The third-order valence-electron chi connectivity index (χ3n) is 5.78. The highest BCUT2D eigenvalue weighted by Gasteiger charge is 2.22. The molecule has 4 rings (SSSR count). The van der Waals surface area contributed by atoms with Gasteiger partial charge in [-0.3, -0.25) is 9.59 Å². The molecule has 5 nitrogen and oxygen atoms in total. The monoisotopic (exact) mass is 441 g/mol. The van der Waals surface area contributed by atoms with Gasteiger partial charge in [-0.05, 0) is 22.9 Å². The van der Waals surface area contributed by atoms with Crippen molar-refractivity contribution in [2.24, 2.45) is 0 Å². The number of fused-ring (bicyclic) bond motifs is 3. The number of aliphatic carboxylic acids is 1. The van der Waals surface area contributed by atoms with Crippen LogP contribution >= 0.6 is 0 Å². The average molecular weight is 442 g/mol. The van der Waals surface area contributed by atoms with Gasteiger partial charge in [0.05, 0.1) is 11.6 Å². The number of ketones is 1. The van der Waals surface area contributed by atoms with Crippen molar-refractivity contribution in [2.75, 3.05) is 0 Å². The van der Waals surface area contributed by atoms with Crippen LogP contribution in [0.4, 0.5) is 0 Å². The van der Waals surface area contributed by atoms with Crippen LogP contribution < -0.4 is 0 Å². The lowest BCUT2D eigenvalue weighted by molar-refractivity contribution is -0.140. The topological polar surface area (TPSA) is 79.0 Å². The van der Waals surface area contributed by atoms with Gasteiger partial charge in [0.1, 0.15) is 12.2 Å². The summed E-state index contributed by atoms with van der Waals surface area (Å²) in [6.45, 7) is 4.27. The Bertz CT molecular complexity index is 1350. The summed E-state index contributed by atoms with van der Waals surface area (Å²) < 4.78 is 2.22. The molecule has 0 saturated carbocycles. The number of nitrogens with zero attached hydrogens (tertiary/aromatic N) is 1. The maximum absolute atomic E-state index is 11.8. The minimum Gasteiger partial charge on any atom is -0.481 e. The van der Waals surface area contributed by atoms with Crippen LogP contribution in [0, 0.1) is 0 Å². The van der Waals surface area contributed by atoms with Crippen molar-refractivity contribution in [2.45, 2.75) is 38.7 Å². The standard InChI is InChI=1S/C28H27NO4/c1-18(2)27-24(13-12-21(30)16-22(31)17-25(32)33)26(20-9-4-3-5-10-20)28-23-11-7-6-8-19(23)14-15-29(27)28/h3-15,18,21,30H,16-17H2,1-2H3,(H,32,33)/b13-12+. The van der Waals surface area contributed by atoms with E-state index < -0.39 is 24.3 Å². The molecule has 5 heteroatoms. The first-order valence-corrected chi connectivity index (χ1v) is 11.1. The Balaban J connectivity index is 1.93. The van der Waals surface area contributed by atoms with Crippen LogP contribution in [0.25, 0.3) is 33.5 Å². The van der Waals surface area contributed by atoms with Gasteiger partial charge in [0.2, 0.25) is 0 Å².